The van der Waals surface area contributed by atoms with Crippen molar-refractivity contribution in [3.05, 3.63) is 63.5 Å². The number of nitrogens with one attached hydrogen (secondary N) is 1. The van der Waals surface area contributed by atoms with Gasteiger partial charge < -0.3 is 15.2 Å². The summed E-state index contributed by atoms with van der Waals surface area (Å²) in [6.45, 7) is 3.01. The highest BCUT2D eigenvalue weighted by atomic mass is 19.1. The van der Waals surface area contributed by atoms with Gasteiger partial charge in [-0.05, 0) is 38.1 Å². The highest BCUT2D eigenvalue weighted by Gasteiger charge is 2.22. The molecule has 2 N–H and O–H groups in total. The fourth-order valence-corrected chi connectivity index (χ4v) is 2.07. The number of amides is 1. The summed E-state index contributed by atoms with van der Waals surface area (Å²) in [6.07, 6.45) is -1.26. The van der Waals surface area contributed by atoms with Gasteiger partial charge in [0.25, 0.3) is 5.91 Å². The van der Waals surface area contributed by atoms with E-state index in [1.807, 2.05) is 0 Å². The van der Waals surface area contributed by atoms with Crippen molar-refractivity contribution in [3.63, 3.8) is 0 Å². The smallest absolute Gasteiger partial charge is 0.342 e. The van der Waals surface area contributed by atoms with Crippen LogP contribution in [-0.2, 0) is 9.53 Å². The van der Waals surface area contributed by atoms with Crippen molar-refractivity contribution in [1.29, 1.82) is 0 Å². The molecule has 0 spiro atoms. The first-order chi connectivity index (χ1) is 12.2. The molecule has 136 valence electrons. The van der Waals surface area contributed by atoms with Crippen LogP contribution in [0.5, 0.6) is 5.75 Å². The summed E-state index contributed by atoms with van der Waals surface area (Å²) in [7, 11) is 0. The fraction of sp³-hybridized carbons (Fsp3) is 0.176. The van der Waals surface area contributed by atoms with E-state index in [4.69, 9.17) is 4.74 Å². The first-order valence-corrected chi connectivity index (χ1v) is 7.44. The zero-order valence-corrected chi connectivity index (χ0v) is 13.9. The molecular formula is C17H15FN2O6. The van der Waals surface area contributed by atoms with Crippen LogP contribution < -0.4 is 5.32 Å². The van der Waals surface area contributed by atoms with E-state index in [0.29, 0.717) is 5.56 Å². The van der Waals surface area contributed by atoms with Gasteiger partial charge >= 0.3 is 11.7 Å². The maximum atomic E-state index is 13.3. The minimum absolute atomic E-state index is 0.0237. The number of anilines is 1. The van der Waals surface area contributed by atoms with Crippen molar-refractivity contribution in [1.82, 2.24) is 0 Å². The Morgan fingerprint density at radius 3 is 2.62 bits per heavy atom. The van der Waals surface area contributed by atoms with Gasteiger partial charge in [0.05, 0.1) is 4.92 Å². The molecule has 0 saturated heterocycles. The molecule has 0 heterocycles. The molecule has 0 bridgehead atoms. The van der Waals surface area contributed by atoms with E-state index >= 15 is 0 Å². The summed E-state index contributed by atoms with van der Waals surface area (Å²) in [5.74, 6) is -3.00. The van der Waals surface area contributed by atoms with E-state index < -0.39 is 34.4 Å². The standard InChI is InChI=1S/C17H15FN2O6/c1-9-3-6-15(21)12(7-9)17(23)26-10(2)16(22)19-11-4-5-13(18)14(8-11)20(24)25/h3-8,10,21H,1-2H3,(H,19,22)/t10-/m0/s1. The van der Waals surface area contributed by atoms with Gasteiger partial charge in [0.1, 0.15) is 11.3 Å². The van der Waals surface area contributed by atoms with Crippen LogP contribution in [0.15, 0.2) is 36.4 Å². The van der Waals surface area contributed by atoms with Crippen molar-refractivity contribution < 1.29 is 28.7 Å². The number of phenolic OH excluding ortho intramolecular Hbond substituents is 1. The van der Waals surface area contributed by atoms with Gasteiger partial charge in [-0.2, -0.15) is 4.39 Å². The van der Waals surface area contributed by atoms with Gasteiger partial charge in [0.2, 0.25) is 5.82 Å². The van der Waals surface area contributed by atoms with Gasteiger partial charge in [-0.25, -0.2) is 4.79 Å². The van der Waals surface area contributed by atoms with Crippen molar-refractivity contribution in [2.45, 2.75) is 20.0 Å². The number of aromatic hydroxyl groups is 1. The fourth-order valence-electron chi connectivity index (χ4n) is 2.07. The van der Waals surface area contributed by atoms with Crippen molar-refractivity contribution >= 4 is 23.3 Å². The molecule has 0 aliphatic carbocycles. The van der Waals surface area contributed by atoms with Crippen LogP contribution in [0.4, 0.5) is 15.8 Å². The number of esters is 1. The number of hydrogen-bond acceptors (Lipinski definition) is 6. The number of nitrogens with zero attached hydrogens (tertiary/aromatic N) is 1. The lowest BCUT2D eigenvalue weighted by molar-refractivity contribution is -0.387. The molecular weight excluding hydrogens is 347 g/mol. The zero-order chi connectivity index (χ0) is 19.4. The normalized spacial score (nSPS) is 11.5. The van der Waals surface area contributed by atoms with Gasteiger partial charge in [-0.3, -0.25) is 14.9 Å². The number of aryl methyl sites for hydroxylation is 1. The number of ether oxygens (including phenoxy) is 1. The van der Waals surface area contributed by atoms with Crippen LogP contribution in [0.1, 0.15) is 22.8 Å². The number of halogens is 1. The number of hydrogen-bond donors (Lipinski definition) is 2. The van der Waals surface area contributed by atoms with E-state index in [0.717, 1.165) is 18.2 Å². The quantitative estimate of drug-likeness (QED) is 0.479. The lowest BCUT2D eigenvalue weighted by Crippen LogP contribution is -2.30. The number of phenols is 1. The van der Waals surface area contributed by atoms with Crippen LogP contribution in [0.25, 0.3) is 0 Å². The van der Waals surface area contributed by atoms with Gasteiger partial charge in [0, 0.05) is 11.8 Å². The molecule has 0 fully saturated rings. The molecule has 9 heteroatoms. The summed E-state index contributed by atoms with van der Waals surface area (Å²) >= 11 is 0. The summed E-state index contributed by atoms with van der Waals surface area (Å²) in [6, 6.07) is 7.17. The summed E-state index contributed by atoms with van der Waals surface area (Å²) in [5, 5.41) is 22.7. The minimum Gasteiger partial charge on any atom is -0.507 e. The molecule has 0 aliphatic rings. The number of benzene rings is 2. The molecule has 0 aromatic heterocycles. The lowest BCUT2D eigenvalue weighted by Gasteiger charge is -2.14. The van der Waals surface area contributed by atoms with Gasteiger partial charge in [0.15, 0.2) is 6.10 Å². The van der Waals surface area contributed by atoms with Crippen molar-refractivity contribution in [2.75, 3.05) is 5.32 Å². The molecule has 0 unspecified atom stereocenters. The second-order valence-electron chi connectivity index (χ2n) is 5.48. The number of carbonyl (C=O) groups is 2. The van der Waals surface area contributed by atoms with Crippen LogP contribution in [0, 0.1) is 22.9 Å². The molecule has 0 aliphatic heterocycles. The van der Waals surface area contributed by atoms with Crippen LogP contribution in [0.3, 0.4) is 0 Å². The monoisotopic (exact) mass is 362 g/mol. The number of nitro groups is 1. The lowest BCUT2D eigenvalue weighted by atomic mass is 10.1. The molecule has 0 saturated carbocycles. The second kappa shape index (κ2) is 7.60. The van der Waals surface area contributed by atoms with E-state index in [2.05, 4.69) is 5.32 Å². The van der Waals surface area contributed by atoms with Crippen molar-refractivity contribution in [2.24, 2.45) is 0 Å². The first-order valence-electron chi connectivity index (χ1n) is 7.44. The predicted molar refractivity (Wildman–Crippen MR) is 89.4 cm³/mol. The van der Waals surface area contributed by atoms with Crippen molar-refractivity contribution in [3.8, 4) is 5.75 Å². The van der Waals surface area contributed by atoms with Crippen LogP contribution in [-0.4, -0.2) is 28.0 Å². The Bertz CT molecular complexity index is 884. The zero-order valence-electron chi connectivity index (χ0n) is 13.9. The van der Waals surface area contributed by atoms with E-state index in [-0.39, 0.29) is 17.0 Å². The maximum absolute atomic E-state index is 13.3. The predicted octanol–water partition coefficient (Wildman–Crippen LogP) is 2.93. The Morgan fingerprint density at radius 1 is 1.27 bits per heavy atom. The molecule has 2 aromatic rings. The average molecular weight is 362 g/mol. The molecule has 2 rings (SSSR count). The second-order valence-corrected chi connectivity index (χ2v) is 5.48. The topological polar surface area (TPSA) is 119 Å². The van der Waals surface area contributed by atoms with Gasteiger partial charge in [-0.1, -0.05) is 11.6 Å². The Hall–Kier alpha value is -3.49. The van der Waals surface area contributed by atoms with Crippen LogP contribution in [0.2, 0.25) is 0 Å². The third-order valence-electron chi connectivity index (χ3n) is 3.44. The molecule has 1 amide bonds. The number of rotatable bonds is 5. The highest BCUT2D eigenvalue weighted by Crippen LogP contribution is 2.22. The number of nitro benzene ring substituents is 1. The Morgan fingerprint density at radius 2 is 1.96 bits per heavy atom. The molecule has 2 aromatic carbocycles. The summed E-state index contributed by atoms with van der Waals surface area (Å²) < 4.78 is 18.3. The third-order valence-corrected chi connectivity index (χ3v) is 3.44. The molecule has 0 radical (unpaired) electrons. The molecule has 26 heavy (non-hydrogen) atoms. The molecule has 1 atom stereocenters. The summed E-state index contributed by atoms with van der Waals surface area (Å²) in [5.41, 5.74) is -0.200. The largest absolute Gasteiger partial charge is 0.507 e. The maximum Gasteiger partial charge on any atom is 0.342 e. The first kappa shape index (κ1) is 18.8. The Kier molecular flexibility index (Phi) is 5.51. The van der Waals surface area contributed by atoms with E-state index in [9.17, 15) is 29.2 Å². The third kappa shape index (κ3) is 4.32. The molecule has 8 nitrogen and oxygen atoms in total. The summed E-state index contributed by atoms with van der Waals surface area (Å²) in [4.78, 5) is 33.9. The SMILES string of the molecule is Cc1ccc(O)c(C(=O)O[C@@H](C)C(=O)Nc2ccc(F)c([N+](=O)[O-])c2)c1. The van der Waals surface area contributed by atoms with Crippen LogP contribution >= 0.6 is 0 Å². The Balaban J connectivity index is 2.08. The average Bonchev–Trinajstić information content (AvgIpc) is 2.58. The number of carbonyl (C=O) groups excluding carboxylic acids is 2. The van der Waals surface area contributed by atoms with E-state index in [1.54, 1.807) is 13.0 Å². The Labute approximate surface area is 147 Å². The van der Waals surface area contributed by atoms with Gasteiger partial charge in [-0.15, -0.1) is 0 Å². The highest BCUT2D eigenvalue weighted by molar-refractivity contribution is 5.98. The minimum atomic E-state index is -1.26. The van der Waals surface area contributed by atoms with E-state index in [1.165, 1.54) is 19.1 Å².